The van der Waals surface area contributed by atoms with Crippen LogP contribution in [0.4, 0.5) is 11.4 Å². The van der Waals surface area contributed by atoms with Gasteiger partial charge in [-0.3, -0.25) is 4.79 Å². The van der Waals surface area contributed by atoms with Gasteiger partial charge in [-0.1, -0.05) is 6.07 Å². The minimum atomic E-state index is 0.151. The third-order valence-corrected chi connectivity index (χ3v) is 4.03. The lowest BCUT2D eigenvalue weighted by Gasteiger charge is -2.17. The third kappa shape index (κ3) is 1.88. The van der Waals surface area contributed by atoms with Crippen LogP contribution in [0.5, 0.6) is 0 Å². The Morgan fingerprint density at radius 2 is 2.28 bits per heavy atom. The van der Waals surface area contributed by atoms with Gasteiger partial charge in [-0.2, -0.15) is 11.3 Å². The van der Waals surface area contributed by atoms with Crippen molar-refractivity contribution in [2.24, 2.45) is 0 Å². The average Bonchev–Trinajstić information content (AvgIpc) is 2.98. The Balaban J connectivity index is 1.84. The molecule has 3 nitrogen and oxygen atoms in total. The molecule has 18 heavy (non-hydrogen) atoms. The van der Waals surface area contributed by atoms with Crippen LogP contribution < -0.4 is 10.6 Å². The van der Waals surface area contributed by atoms with E-state index in [9.17, 15) is 4.79 Å². The molecule has 2 N–H and O–H groups in total. The Morgan fingerprint density at radius 3 is 3.06 bits per heavy atom. The molecule has 0 atom stereocenters. The summed E-state index contributed by atoms with van der Waals surface area (Å²) >= 11 is 1.62. The quantitative estimate of drug-likeness (QED) is 0.841. The molecule has 0 saturated carbocycles. The van der Waals surface area contributed by atoms with Crippen molar-refractivity contribution in [1.82, 2.24) is 0 Å². The molecule has 1 aromatic heterocycles. The summed E-state index contributed by atoms with van der Waals surface area (Å²) in [6, 6.07) is 7.78. The van der Waals surface area contributed by atoms with E-state index in [-0.39, 0.29) is 5.91 Å². The topological polar surface area (TPSA) is 46.3 Å². The van der Waals surface area contributed by atoms with Gasteiger partial charge in [-0.25, -0.2) is 0 Å². The van der Waals surface area contributed by atoms with E-state index in [2.05, 4.69) is 0 Å². The largest absolute Gasteiger partial charge is 0.398 e. The monoisotopic (exact) mass is 258 g/mol. The first kappa shape index (κ1) is 11.3. The summed E-state index contributed by atoms with van der Waals surface area (Å²) in [6.45, 7) is 0.743. The molecule has 2 aromatic rings. The number of carbonyl (C=O) groups excluding carboxylic acids is 1. The summed E-state index contributed by atoms with van der Waals surface area (Å²) in [5.74, 6) is 0.151. The van der Waals surface area contributed by atoms with Gasteiger partial charge in [0.25, 0.3) is 0 Å². The molecular formula is C14H14N2OS. The highest BCUT2D eigenvalue weighted by Crippen LogP contribution is 2.32. The van der Waals surface area contributed by atoms with Crippen LogP contribution >= 0.6 is 11.3 Å². The number of carbonyl (C=O) groups is 1. The molecule has 1 aliphatic heterocycles. The molecule has 92 valence electrons. The number of hydrogen-bond acceptors (Lipinski definition) is 3. The van der Waals surface area contributed by atoms with Gasteiger partial charge in [0, 0.05) is 23.5 Å². The summed E-state index contributed by atoms with van der Waals surface area (Å²) in [6.07, 6.45) is 1.33. The predicted octanol–water partition coefficient (Wildman–Crippen LogP) is 2.46. The predicted molar refractivity (Wildman–Crippen MR) is 74.9 cm³/mol. The van der Waals surface area contributed by atoms with Crippen molar-refractivity contribution in [3.05, 3.63) is 46.2 Å². The van der Waals surface area contributed by atoms with Crippen molar-refractivity contribution in [3.8, 4) is 0 Å². The van der Waals surface area contributed by atoms with Crippen molar-refractivity contribution in [3.63, 3.8) is 0 Å². The standard InChI is InChI=1S/C14H14N2OS/c15-12-2-1-3-13-11(12)4-6-16(13)14(17)8-10-5-7-18-9-10/h1-3,5,7,9H,4,6,8,15H2. The molecule has 0 spiro atoms. The summed E-state index contributed by atoms with van der Waals surface area (Å²) in [4.78, 5) is 14.1. The maximum Gasteiger partial charge on any atom is 0.231 e. The smallest absolute Gasteiger partial charge is 0.231 e. The average molecular weight is 258 g/mol. The van der Waals surface area contributed by atoms with Crippen molar-refractivity contribution in [2.75, 3.05) is 17.2 Å². The molecule has 3 rings (SSSR count). The fraction of sp³-hybridized carbons (Fsp3) is 0.214. The molecular weight excluding hydrogens is 244 g/mol. The Bertz CT molecular complexity index is 577. The Kier molecular flexibility index (Phi) is 2.80. The lowest BCUT2D eigenvalue weighted by atomic mass is 10.1. The SMILES string of the molecule is Nc1cccc2c1CCN2C(=O)Cc1ccsc1. The van der Waals surface area contributed by atoms with E-state index in [1.807, 2.05) is 39.9 Å². The summed E-state index contributed by atoms with van der Waals surface area (Å²) in [5.41, 5.74) is 9.90. The first-order valence-electron chi connectivity index (χ1n) is 5.94. The number of hydrogen-bond donors (Lipinski definition) is 1. The molecule has 0 saturated heterocycles. The fourth-order valence-electron chi connectivity index (χ4n) is 2.38. The molecule has 4 heteroatoms. The molecule has 0 unspecified atom stereocenters. The van der Waals surface area contributed by atoms with Gasteiger partial charge in [0.1, 0.15) is 0 Å². The number of fused-ring (bicyclic) bond motifs is 1. The molecule has 0 aliphatic carbocycles. The summed E-state index contributed by atoms with van der Waals surface area (Å²) in [7, 11) is 0. The first-order chi connectivity index (χ1) is 8.75. The normalized spacial score (nSPS) is 13.7. The third-order valence-electron chi connectivity index (χ3n) is 3.30. The van der Waals surface area contributed by atoms with Gasteiger partial charge in [0.15, 0.2) is 0 Å². The molecule has 1 aliphatic rings. The van der Waals surface area contributed by atoms with E-state index in [1.54, 1.807) is 11.3 Å². The zero-order valence-corrected chi connectivity index (χ0v) is 10.7. The van der Waals surface area contributed by atoms with E-state index in [4.69, 9.17) is 5.73 Å². The van der Waals surface area contributed by atoms with Crippen LogP contribution in [0.3, 0.4) is 0 Å². The van der Waals surface area contributed by atoms with E-state index >= 15 is 0 Å². The zero-order valence-electron chi connectivity index (χ0n) is 9.93. The second-order valence-electron chi connectivity index (χ2n) is 4.45. The maximum atomic E-state index is 12.3. The zero-order chi connectivity index (χ0) is 12.5. The van der Waals surface area contributed by atoms with Crippen LogP contribution in [0.25, 0.3) is 0 Å². The molecule has 0 radical (unpaired) electrons. The van der Waals surface area contributed by atoms with Crippen LogP contribution in [0, 0.1) is 0 Å². The molecule has 1 amide bonds. The van der Waals surface area contributed by atoms with E-state index < -0.39 is 0 Å². The fourth-order valence-corrected chi connectivity index (χ4v) is 3.05. The van der Waals surface area contributed by atoms with Crippen LogP contribution in [-0.4, -0.2) is 12.5 Å². The minimum Gasteiger partial charge on any atom is -0.398 e. The van der Waals surface area contributed by atoms with E-state index in [1.165, 1.54) is 0 Å². The summed E-state index contributed by atoms with van der Waals surface area (Å²) in [5, 5.41) is 4.02. The highest BCUT2D eigenvalue weighted by Gasteiger charge is 2.25. The van der Waals surface area contributed by atoms with E-state index in [0.717, 1.165) is 35.5 Å². The number of thiophene rings is 1. The number of nitrogen functional groups attached to an aromatic ring is 1. The Hall–Kier alpha value is -1.81. The van der Waals surface area contributed by atoms with Crippen molar-refractivity contribution in [1.29, 1.82) is 0 Å². The highest BCUT2D eigenvalue weighted by atomic mass is 32.1. The lowest BCUT2D eigenvalue weighted by molar-refractivity contribution is -0.117. The number of nitrogens with two attached hydrogens (primary N) is 1. The van der Waals surface area contributed by atoms with Gasteiger partial charge < -0.3 is 10.6 Å². The summed E-state index contributed by atoms with van der Waals surface area (Å²) < 4.78 is 0. The van der Waals surface area contributed by atoms with Crippen molar-refractivity contribution < 1.29 is 4.79 Å². The molecule has 0 fully saturated rings. The lowest BCUT2D eigenvalue weighted by Crippen LogP contribution is -2.30. The molecule has 1 aromatic carbocycles. The Morgan fingerprint density at radius 1 is 1.39 bits per heavy atom. The number of amides is 1. The van der Waals surface area contributed by atoms with Crippen LogP contribution in [0.1, 0.15) is 11.1 Å². The van der Waals surface area contributed by atoms with Gasteiger partial charge in [-0.15, -0.1) is 0 Å². The first-order valence-corrected chi connectivity index (χ1v) is 6.89. The second-order valence-corrected chi connectivity index (χ2v) is 5.23. The molecule has 2 heterocycles. The van der Waals surface area contributed by atoms with Crippen molar-refractivity contribution >= 4 is 28.6 Å². The van der Waals surface area contributed by atoms with Crippen LogP contribution in [-0.2, 0) is 17.6 Å². The molecule has 0 bridgehead atoms. The Labute approximate surface area is 110 Å². The maximum absolute atomic E-state index is 12.3. The van der Waals surface area contributed by atoms with Gasteiger partial charge in [0.05, 0.1) is 6.42 Å². The number of nitrogens with zero attached hydrogens (tertiary/aromatic N) is 1. The second kappa shape index (κ2) is 4.46. The van der Waals surface area contributed by atoms with Gasteiger partial charge in [-0.05, 0) is 40.9 Å². The number of benzene rings is 1. The van der Waals surface area contributed by atoms with Gasteiger partial charge in [0.2, 0.25) is 5.91 Å². The van der Waals surface area contributed by atoms with Crippen LogP contribution in [0.15, 0.2) is 35.0 Å². The minimum absolute atomic E-state index is 0.151. The number of anilines is 2. The number of rotatable bonds is 2. The van der Waals surface area contributed by atoms with Crippen molar-refractivity contribution in [2.45, 2.75) is 12.8 Å². The highest BCUT2D eigenvalue weighted by molar-refractivity contribution is 7.08. The van der Waals surface area contributed by atoms with E-state index in [0.29, 0.717) is 6.42 Å². The van der Waals surface area contributed by atoms with Gasteiger partial charge >= 0.3 is 0 Å². The van der Waals surface area contributed by atoms with Crippen LogP contribution in [0.2, 0.25) is 0 Å².